The first-order chi connectivity index (χ1) is 33.8. The van der Waals surface area contributed by atoms with Crippen LogP contribution in [0.2, 0.25) is 0 Å². The number of rotatable bonds is 13. The van der Waals surface area contributed by atoms with Gasteiger partial charge in [-0.05, 0) is 33.3 Å². The van der Waals surface area contributed by atoms with Gasteiger partial charge in [0.05, 0.1) is 42.6 Å². The van der Waals surface area contributed by atoms with Crippen molar-refractivity contribution in [3.63, 3.8) is 0 Å². The summed E-state index contributed by atoms with van der Waals surface area (Å²) in [5.74, 6) is -6.67. The summed E-state index contributed by atoms with van der Waals surface area (Å²) in [4.78, 5) is 110. The zero-order valence-corrected chi connectivity index (χ0v) is 39.6. The van der Waals surface area contributed by atoms with E-state index in [0.717, 1.165) is 17.1 Å². The molecule has 5 aliphatic heterocycles. The predicted octanol–water partition coefficient (Wildman–Crippen LogP) is -0.808. The second-order valence-corrected chi connectivity index (χ2v) is 18.9. The minimum absolute atomic E-state index is 0.0175. The Morgan fingerprint density at radius 3 is 2.38 bits per heavy atom. The molecule has 71 heavy (non-hydrogen) atoms. The van der Waals surface area contributed by atoms with Crippen molar-refractivity contribution in [2.24, 2.45) is 0 Å². The lowest BCUT2D eigenvalue weighted by Crippen LogP contribution is -2.56. The minimum Gasteiger partial charge on any atom is -0.507 e. The van der Waals surface area contributed by atoms with Crippen LogP contribution < -0.4 is 20.7 Å². The number of carbonyl (C=O) groups is 8. The van der Waals surface area contributed by atoms with Gasteiger partial charge in [-0.15, -0.1) is 0 Å². The molecule has 9 rings (SSSR count). The van der Waals surface area contributed by atoms with Gasteiger partial charge in [-0.25, -0.2) is 0 Å². The lowest BCUT2D eigenvalue weighted by atomic mass is 9.72. The summed E-state index contributed by atoms with van der Waals surface area (Å²) in [6, 6.07) is 1.29. The van der Waals surface area contributed by atoms with Crippen LogP contribution in [0.4, 0.5) is 0 Å². The van der Waals surface area contributed by atoms with Crippen molar-refractivity contribution in [1.82, 2.24) is 30.7 Å². The van der Waals surface area contributed by atoms with Crippen molar-refractivity contribution >= 4 is 47.0 Å². The number of ketones is 2. The molecule has 0 spiro atoms. The molecule has 23 nitrogen and oxygen atoms in total. The third-order valence-electron chi connectivity index (χ3n) is 14.4. The number of benzene rings is 2. The zero-order valence-electron chi connectivity index (χ0n) is 39.6. The van der Waals surface area contributed by atoms with E-state index in [-0.39, 0.29) is 72.9 Å². The summed E-state index contributed by atoms with van der Waals surface area (Å²) in [5, 5.41) is 44.6. The number of phenolic OH excluding ortho intramolecular Hbond substituents is 2. The molecule has 2 aromatic carbocycles. The molecule has 4 fully saturated rings. The van der Waals surface area contributed by atoms with E-state index >= 15 is 0 Å². The Balaban J connectivity index is 0.913. The van der Waals surface area contributed by atoms with Gasteiger partial charge in [-0.1, -0.05) is 12.1 Å². The molecule has 4 saturated heterocycles. The molecule has 0 bridgehead atoms. The number of ether oxygens (including phenoxy) is 6. The Morgan fingerprint density at radius 2 is 1.66 bits per heavy atom. The van der Waals surface area contributed by atoms with Crippen molar-refractivity contribution in [3.8, 4) is 17.2 Å². The van der Waals surface area contributed by atoms with E-state index in [9.17, 15) is 53.7 Å². The van der Waals surface area contributed by atoms with Gasteiger partial charge < -0.3 is 64.6 Å². The highest BCUT2D eigenvalue weighted by Gasteiger charge is 2.55. The Bertz CT molecular complexity index is 2610. The van der Waals surface area contributed by atoms with Crippen LogP contribution in [0.3, 0.4) is 0 Å². The summed E-state index contributed by atoms with van der Waals surface area (Å²) in [5.41, 5.74) is -3.87. The Hall–Kier alpha value is -6.34. The van der Waals surface area contributed by atoms with Crippen LogP contribution in [-0.2, 0) is 58.9 Å². The maximum absolute atomic E-state index is 14.4. The minimum atomic E-state index is -2.37. The molecular formula is C48H56N6O17. The topological polar surface area (TPSA) is 298 Å². The van der Waals surface area contributed by atoms with Crippen molar-refractivity contribution in [2.45, 2.75) is 120 Å². The highest BCUT2D eigenvalue weighted by Crippen LogP contribution is 2.53. The molecule has 6 N–H and O–H groups in total. The number of nitrogens with zero attached hydrogens (tertiary/aromatic N) is 3. The Morgan fingerprint density at radius 1 is 0.930 bits per heavy atom. The third kappa shape index (κ3) is 8.93. The number of amides is 6. The number of aliphatic hydroxyl groups is 1. The number of methoxy groups -OCH3 is 2. The molecule has 11 atom stereocenters. The number of fused-ring (bicyclic) bond motifs is 6. The smallest absolute Gasteiger partial charge is 0.253 e. The van der Waals surface area contributed by atoms with Gasteiger partial charge in [0.2, 0.25) is 23.5 Å². The molecule has 2 aromatic rings. The fourth-order valence-electron chi connectivity index (χ4n) is 10.8. The molecular weight excluding hydrogens is 933 g/mol. The van der Waals surface area contributed by atoms with Crippen LogP contribution in [0.15, 0.2) is 30.4 Å². The van der Waals surface area contributed by atoms with Gasteiger partial charge in [-0.3, -0.25) is 48.2 Å². The standard InChI is InChI=1S/C48H56N6O17/c1-21(49-30(55)12-14-54-31(56)9-10-32(54)57)43(62)50-22(2)44(63)52-13-11-24(20-52)51-47(64)48(65)18-26-35(41(61)37-36(39(26)59)38(58)25-7-6-8-28(66-4)34(25)40(37)60)29(19-48)70-33-17-27-42(23(3)69-33)71-45-46(67-5)68-16-15-53(27)45/h6-10,21-24,27,29,33,42,45-46,59,61,65H,11-20H2,1-5H3,(H,49,55)(H,50,62)(H,51,64)/t21-,22-,23-,24?,27-,29-,33-,42+,45+,46-,48-/m0/s1. The summed E-state index contributed by atoms with van der Waals surface area (Å²) >= 11 is 0. The monoisotopic (exact) mass is 988 g/mol. The number of morpholine rings is 1. The fraction of sp³-hybridized carbons (Fsp3) is 0.542. The van der Waals surface area contributed by atoms with Gasteiger partial charge in [0, 0.05) is 99.9 Å². The van der Waals surface area contributed by atoms with Gasteiger partial charge >= 0.3 is 0 Å². The molecule has 1 unspecified atom stereocenters. The van der Waals surface area contributed by atoms with E-state index in [1.165, 1.54) is 51.2 Å². The molecule has 6 amide bonds. The summed E-state index contributed by atoms with van der Waals surface area (Å²) < 4.78 is 36.0. The molecule has 0 saturated carbocycles. The van der Waals surface area contributed by atoms with Gasteiger partial charge in [0.1, 0.15) is 41.0 Å². The van der Waals surface area contributed by atoms with Crippen LogP contribution >= 0.6 is 0 Å². The van der Waals surface area contributed by atoms with E-state index < -0.39 is 143 Å². The molecule has 0 radical (unpaired) electrons. The normalized spacial score (nSPS) is 29.7. The average molecular weight is 989 g/mol. The van der Waals surface area contributed by atoms with Gasteiger partial charge in [0.25, 0.3) is 17.7 Å². The van der Waals surface area contributed by atoms with E-state index in [4.69, 9.17) is 28.4 Å². The number of hydrogen-bond acceptors (Lipinski definition) is 18. The molecule has 0 aromatic heterocycles. The van der Waals surface area contributed by atoms with Gasteiger partial charge in [-0.2, -0.15) is 0 Å². The Kier molecular flexibility index (Phi) is 13.5. The molecule has 23 heteroatoms. The number of imide groups is 1. The highest BCUT2D eigenvalue weighted by molar-refractivity contribution is 6.31. The Labute approximate surface area is 406 Å². The maximum atomic E-state index is 14.4. The van der Waals surface area contributed by atoms with Crippen LogP contribution in [0.25, 0.3) is 0 Å². The summed E-state index contributed by atoms with van der Waals surface area (Å²) in [6.45, 7) is 5.53. The average Bonchev–Trinajstić information content (AvgIpc) is 4.06. The van der Waals surface area contributed by atoms with E-state index in [2.05, 4.69) is 20.9 Å². The largest absolute Gasteiger partial charge is 0.507 e. The van der Waals surface area contributed by atoms with Crippen molar-refractivity contribution in [2.75, 3.05) is 47.0 Å². The first-order valence-electron chi connectivity index (χ1n) is 23.5. The highest BCUT2D eigenvalue weighted by atomic mass is 16.7. The number of aromatic hydroxyl groups is 2. The predicted molar refractivity (Wildman–Crippen MR) is 240 cm³/mol. The number of nitrogens with one attached hydrogen (secondary N) is 3. The number of phenols is 2. The van der Waals surface area contributed by atoms with Crippen molar-refractivity contribution in [3.05, 3.63) is 63.7 Å². The second kappa shape index (κ2) is 19.3. The van der Waals surface area contributed by atoms with Crippen LogP contribution in [0.5, 0.6) is 17.2 Å². The van der Waals surface area contributed by atoms with Crippen LogP contribution in [0, 0.1) is 0 Å². The summed E-state index contributed by atoms with van der Waals surface area (Å²) in [7, 11) is 2.84. The lowest BCUT2D eigenvalue weighted by Gasteiger charge is -2.43. The number of hydrogen-bond donors (Lipinski definition) is 6. The van der Waals surface area contributed by atoms with Crippen LogP contribution in [-0.4, -0.2) is 185 Å². The van der Waals surface area contributed by atoms with E-state index in [1.807, 2.05) is 0 Å². The molecule has 7 aliphatic rings. The second-order valence-electron chi connectivity index (χ2n) is 18.9. The molecule has 380 valence electrons. The fourth-order valence-corrected chi connectivity index (χ4v) is 10.8. The van der Waals surface area contributed by atoms with Gasteiger partial charge in [0.15, 0.2) is 24.6 Å². The zero-order chi connectivity index (χ0) is 50.8. The SMILES string of the molecule is COc1cccc2c1C(=O)c1c(O)c3c(c(O)c1C2=O)C[C@@](O)(C(=O)NC1CCN(C(=O)[C@H](C)NC(=O)[C@H](C)NC(=O)CCN2C(=O)C=CC2=O)C1)C[C@@H]3O[C@H]1C[C@H]2[C@H](O[C@@H]3[C@@H](OC)OCCN32)[C@H](C)O1. The van der Waals surface area contributed by atoms with Crippen LogP contribution in [0.1, 0.15) is 95.5 Å². The first-order valence-corrected chi connectivity index (χ1v) is 23.5. The van der Waals surface area contributed by atoms with E-state index in [1.54, 1.807) is 6.92 Å². The lowest BCUT2D eigenvalue weighted by molar-refractivity contribution is -0.256. The van der Waals surface area contributed by atoms with Crippen molar-refractivity contribution in [1.29, 1.82) is 0 Å². The van der Waals surface area contributed by atoms with Crippen molar-refractivity contribution < 1.29 is 82.1 Å². The first kappa shape index (κ1) is 49.6. The number of likely N-dealkylation sites (tertiary alicyclic amines) is 1. The maximum Gasteiger partial charge on any atom is 0.253 e. The van der Waals surface area contributed by atoms with E-state index in [0.29, 0.717) is 13.2 Å². The third-order valence-corrected chi connectivity index (χ3v) is 14.4. The molecule has 2 aliphatic carbocycles. The number of carbonyl (C=O) groups excluding carboxylic acids is 8. The quantitative estimate of drug-likeness (QED) is 0.0902. The summed E-state index contributed by atoms with van der Waals surface area (Å²) in [6.07, 6.45) is -3.30. The molecule has 5 heterocycles.